The van der Waals surface area contributed by atoms with Crippen LogP contribution in [-0.2, 0) is 20.9 Å². The van der Waals surface area contributed by atoms with E-state index >= 15 is 0 Å². The summed E-state index contributed by atoms with van der Waals surface area (Å²) < 4.78 is 10.9. The molecule has 0 spiro atoms. The van der Waals surface area contributed by atoms with Crippen LogP contribution in [0.5, 0.6) is 0 Å². The van der Waals surface area contributed by atoms with Gasteiger partial charge < -0.3 is 19.7 Å². The molecule has 1 aromatic carbocycles. The molecule has 0 saturated carbocycles. The first-order valence-electron chi connectivity index (χ1n) is 10.1. The minimum atomic E-state index is -0.867. The van der Waals surface area contributed by atoms with Gasteiger partial charge in [-0.25, -0.2) is 9.59 Å². The quantitative estimate of drug-likeness (QED) is 0.813. The van der Waals surface area contributed by atoms with E-state index in [1.165, 1.54) is 9.80 Å². The molecule has 166 valence electrons. The van der Waals surface area contributed by atoms with Gasteiger partial charge in [0.05, 0.1) is 6.54 Å². The first-order valence-corrected chi connectivity index (χ1v) is 10.1. The summed E-state index contributed by atoms with van der Waals surface area (Å²) in [5, 5.41) is 2.89. The van der Waals surface area contributed by atoms with Gasteiger partial charge in [0.15, 0.2) is 0 Å². The van der Waals surface area contributed by atoms with Crippen molar-refractivity contribution in [2.45, 2.75) is 65.3 Å². The van der Waals surface area contributed by atoms with Crippen molar-refractivity contribution in [1.82, 2.24) is 15.1 Å². The third-order valence-electron chi connectivity index (χ3n) is 4.27. The van der Waals surface area contributed by atoms with Crippen molar-refractivity contribution < 1.29 is 23.9 Å². The Morgan fingerprint density at radius 1 is 1.00 bits per heavy atom. The Morgan fingerprint density at radius 3 is 2.20 bits per heavy atom. The minimum Gasteiger partial charge on any atom is -0.445 e. The smallest absolute Gasteiger partial charge is 0.410 e. The molecule has 3 amide bonds. The van der Waals surface area contributed by atoms with E-state index in [0.717, 1.165) is 5.56 Å². The lowest BCUT2D eigenvalue weighted by atomic mass is 10.1. The van der Waals surface area contributed by atoms with Crippen molar-refractivity contribution in [3.05, 3.63) is 35.9 Å². The molecule has 1 aliphatic heterocycles. The first kappa shape index (κ1) is 23.5. The lowest BCUT2D eigenvalue weighted by Gasteiger charge is -2.40. The molecule has 8 heteroatoms. The topological polar surface area (TPSA) is 88.2 Å². The molecule has 1 saturated heterocycles. The third-order valence-corrected chi connectivity index (χ3v) is 4.27. The normalized spacial score (nSPS) is 17.3. The van der Waals surface area contributed by atoms with E-state index in [9.17, 15) is 14.4 Å². The average Bonchev–Trinajstić information content (AvgIpc) is 2.63. The molecule has 0 aliphatic carbocycles. The number of carbonyl (C=O) groups excluding carboxylic acids is 3. The average molecular weight is 420 g/mol. The molecular weight excluding hydrogens is 386 g/mol. The highest BCUT2D eigenvalue weighted by Crippen LogP contribution is 2.17. The van der Waals surface area contributed by atoms with Crippen LogP contribution in [0.15, 0.2) is 30.3 Å². The second kappa shape index (κ2) is 9.36. The van der Waals surface area contributed by atoms with Gasteiger partial charge in [-0.3, -0.25) is 9.69 Å². The number of carbonyl (C=O) groups is 3. The lowest BCUT2D eigenvalue weighted by Crippen LogP contribution is -2.63. The molecule has 1 fully saturated rings. The fourth-order valence-corrected chi connectivity index (χ4v) is 2.97. The van der Waals surface area contributed by atoms with Gasteiger partial charge in [0.2, 0.25) is 5.91 Å². The molecule has 1 N–H and O–H groups in total. The Kier molecular flexibility index (Phi) is 7.34. The maximum atomic E-state index is 12.9. The number of nitrogens with zero attached hydrogens (tertiary/aromatic N) is 2. The summed E-state index contributed by atoms with van der Waals surface area (Å²) >= 11 is 0. The number of ether oxygens (including phenoxy) is 2. The van der Waals surface area contributed by atoms with Gasteiger partial charge in [0, 0.05) is 18.6 Å². The number of rotatable bonds is 3. The Hall–Kier alpha value is -2.77. The molecule has 1 heterocycles. The van der Waals surface area contributed by atoms with E-state index in [1.807, 2.05) is 51.1 Å². The van der Waals surface area contributed by atoms with E-state index in [-0.39, 0.29) is 32.1 Å². The molecule has 30 heavy (non-hydrogen) atoms. The highest BCUT2D eigenvalue weighted by atomic mass is 16.6. The Bertz CT molecular complexity index is 752. The van der Waals surface area contributed by atoms with Crippen LogP contribution in [0, 0.1) is 0 Å². The first-order chi connectivity index (χ1) is 13.9. The highest BCUT2D eigenvalue weighted by molar-refractivity contribution is 5.87. The number of hydrogen-bond acceptors (Lipinski definition) is 5. The van der Waals surface area contributed by atoms with Crippen molar-refractivity contribution in [2.24, 2.45) is 0 Å². The van der Waals surface area contributed by atoms with E-state index in [2.05, 4.69) is 5.32 Å². The van der Waals surface area contributed by atoms with E-state index in [1.54, 1.807) is 20.8 Å². The van der Waals surface area contributed by atoms with Crippen LogP contribution in [-0.4, -0.2) is 64.7 Å². The lowest BCUT2D eigenvalue weighted by molar-refractivity contribution is -0.129. The van der Waals surface area contributed by atoms with Crippen LogP contribution in [0.4, 0.5) is 9.59 Å². The van der Waals surface area contributed by atoms with E-state index in [4.69, 9.17) is 9.47 Å². The van der Waals surface area contributed by atoms with Crippen LogP contribution in [0.25, 0.3) is 0 Å². The van der Waals surface area contributed by atoms with Crippen LogP contribution in [0.3, 0.4) is 0 Å². The SMILES string of the molecule is CC(C)(C)NC(=O)[C@H]1CN(C(=O)OC(C)(C)C)CCN1C(=O)OCc1ccccc1. The highest BCUT2D eigenvalue weighted by Gasteiger charge is 2.40. The molecule has 8 nitrogen and oxygen atoms in total. The van der Waals surface area contributed by atoms with Gasteiger partial charge in [-0.2, -0.15) is 0 Å². The number of hydrogen-bond donors (Lipinski definition) is 1. The van der Waals surface area contributed by atoms with Crippen molar-refractivity contribution in [3.8, 4) is 0 Å². The van der Waals surface area contributed by atoms with Crippen LogP contribution >= 0.6 is 0 Å². The molecular formula is C22H33N3O5. The Labute approximate surface area is 178 Å². The Morgan fingerprint density at radius 2 is 1.63 bits per heavy atom. The number of amides is 3. The standard InChI is InChI=1S/C22H33N3O5/c1-21(2,3)23-18(26)17-14-24(19(27)30-22(4,5)6)12-13-25(17)20(28)29-15-16-10-8-7-9-11-16/h7-11,17H,12-15H2,1-6H3,(H,23,26)/t17-/m1/s1. The minimum absolute atomic E-state index is 0.0390. The van der Waals surface area contributed by atoms with E-state index in [0.29, 0.717) is 0 Å². The summed E-state index contributed by atoms with van der Waals surface area (Å²) in [6.45, 7) is 11.5. The van der Waals surface area contributed by atoms with Crippen molar-refractivity contribution in [2.75, 3.05) is 19.6 Å². The van der Waals surface area contributed by atoms with Gasteiger partial charge in [-0.15, -0.1) is 0 Å². The Balaban J connectivity index is 2.11. The zero-order chi connectivity index (χ0) is 22.5. The molecule has 1 atom stereocenters. The molecule has 2 rings (SSSR count). The maximum absolute atomic E-state index is 12.9. The predicted octanol–water partition coefficient (Wildman–Crippen LogP) is 3.16. The monoisotopic (exact) mass is 419 g/mol. The van der Waals surface area contributed by atoms with Gasteiger partial charge in [-0.05, 0) is 47.1 Å². The van der Waals surface area contributed by atoms with Gasteiger partial charge in [-0.1, -0.05) is 30.3 Å². The van der Waals surface area contributed by atoms with Crippen LogP contribution in [0.1, 0.15) is 47.1 Å². The summed E-state index contributed by atoms with van der Waals surface area (Å²) in [7, 11) is 0. The summed E-state index contributed by atoms with van der Waals surface area (Å²) in [4.78, 5) is 41.0. The van der Waals surface area contributed by atoms with E-state index < -0.39 is 29.4 Å². The molecule has 1 aromatic rings. The summed E-state index contributed by atoms with van der Waals surface area (Å²) in [6.07, 6.45) is -1.09. The van der Waals surface area contributed by atoms with Gasteiger partial charge in [0.25, 0.3) is 0 Å². The second-order valence-corrected chi connectivity index (χ2v) is 9.41. The fraction of sp³-hybridized carbons (Fsp3) is 0.591. The molecule has 0 aromatic heterocycles. The predicted molar refractivity (Wildman–Crippen MR) is 113 cm³/mol. The largest absolute Gasteiger partial charge is 0.445 e. The summed E-state index contributed by atoms with van der Waals surface area (Å²) in [6, 6.07) is 8.46. The molecule has 0 unspecified atom stereocenters. The number of nitrogens with one attached hydrogen (secondary N) is 1. The molecule has 0 radical (unpaired) electrons. The van der Waals surface area contributed by atoms with Crippen molar-refractivity contribution >= 4 is 18.1 Å². The zero-order valence-corrected chi connectivity index (χ0v) is 18.7. The fourth-order valence-electron chi connectivity index (χ4n) is 2.97. The van der Waals surface area contributed by atoms with Crippen molar-refractivity contribution in [1.29, 1.82) is 0 Å². The zero-order valence-electron chi connectivity index (χ0n) is 18.7. The number of benzene rings is 1. The third kappa shape index (κ3) is 7.24. The van der Waals surface area contributed by atoms with Gasteiger partial charge >= 0.3 is 12.2 Å². The second-order valence-electron chi connectivity index (χ2n) is 9.41. The van der Waals surface area contributed by atoms with Crippen LogP contribution in [0.2, 0.25) is 0 Å². The molecule has 1 aliphatic rings. The number of piperazine rings is 1. The van der Waals surface area contributed by atoms with Gasteiger partial charge in [0.1, 0.15) is 18.2 Å². The van der Waals surface area contributed by atoms with Crippen LogP contribution < -0.4 is 5.32 Å². The van der Waals surface area contributed by atoms with Crippen molar-refractivity contribution in [3.63, 3.8) is 0 Å². The maximum Gasteiger partial charge on any atom is 0.410 e. The summed E-state index contributed by atoms with van der Waals surface area (Å²) in [5.74, 6) is -0.340. The molecule has 0 bridgehead atoms. The summed E-state index contributed by atoms with van der Waals surface area (Å²) in [5.41, 5.74) is -0.273.